The van der Waals surface area contributed by atoms with Gasteiger partial charge in [-0.25, -0.2) is 15.8 Å². The molecule has 0 aromatic carbocycles. The van der Waals surface area contributed by atoms with Crippen molar-refractivity contribution < 1.29 is 13.2 Å². The summed E-state index contributed by atoms with van der Waals surface area (Å²) < 4.78 is 36.1. The summed E-state index contributed by atoms with van der Waals surface area (Å²) in [7, 11) is 0. The van der Waals surface area contributed by atoms with E-state index in [1.54, 1.807) is 6.92 Å². The largest absolute Gasteiger partial charge is 0.441 e. The van der Waals surface area contributed by atoms with Crippen LogP contribution >= 0.6 is 11.8 Å². The highest BCUT2D eigenvalue weighted by atomic mass is 32.2. The van der Waals surface area contributed by atoms with Crippen LogP contribution in [0.15, 0.2) is 0 Å². The highest BCUT2D eigenvalue weighted by molar-refractivity contribution is 8.00. The number of nitrogen functional groups attached to an aromatic ring is 1. The number of thioether (sulfide) groups is 1. The molecule has 1 aliphatic carbocycles. The Balaban J connectivity index is 2.00. The van der Waals surface area contributed by atoms with Gasteiger partial charge < -0.3 is 10.7 Å². The molecule has 1 saturated carbocycles. The zero-order valence-corrected chi connectivity index (χ0v) is 11.7. The molecule has 20 heavy (non-hydrogen) atoms. The van der Waals surface area contributed by atoms with E-state index < -0.39 is 5.51 Å². The van der Waals surface area contributed by atoms with Crippen LogP contribution in [0.3, 0.4) is 0 Å². The van der Waals surface area contributed by atoms with Gasteiger partial charge >= 0.3 is 5.51 Å². The molecule has 1 aromatic heterocycles. The van der Waals surface area contributed by atoms with Crippen molar-refractivity contribution in [1.82, 2.24) is 9.97 Å². The van der Waals surface area contributed by atoms with Crippen molar-refractivity contribution in [3.05, 3.63) is 11.4 Å². The van der Waals surface area contributed by atoms with Gasteiger partial charge in [0, 0.05) is 23.8 Å². The van der Waals surface area contributed by atoms with E-state index in [9.17, 15) is 13.2 Å². The number of hydrogen-bond acceptors (Lipinski definition) is 6. The van der Waals surface area contributed by atoms with E-state index in [-0.39, 0.29) is 24.1 Å². The van der Waals surface area contributed by atoms with Gasteiger partial charge in [0.05, 0.1) is 0 Å². The van der Waals surface area contributed by atoms with E-state index in [0.29, 0.717) is 28.9 Å². The van der Waals surface area contributed by atoms with Crippen molar-refractivity contribution >= 4 is 23.4 Å². The standard InChI is InChI=1S/C11H16F3N5S/c1-6-8(16-4-5-20-11(12,13)14)17-10(7-2-3-7)18-9(6)19-15/h7H,2-5,15H2,1H3,(H2,16,17,18,19). The highest BCUT2D eigenvalue weighted by Crippen LogP contribution is 2.39. The molecule has 1 fully saturated rings. The summed E-state index contributed by atoms with van der Waals surface area (Å²) in [5.74, 6) is 7.40. The lowest BCUT2D eigenvalue weighted by Gasteiger charge is -2.13. The second-order valence-electron chi connectivity index (χ2n) is 4.54. The van der Waals surface area contributed by atoms with Gasteiger partial charge in [-0.05, 0) is 31.5 Å². The highest BCUT2D eigenvalue weighted by Gasteiger charge is 2.29. The second-order valence-corrected chi connectivity index (χ2v) is 5.70. The molecule has 0 spiro atoms. The monoisotopic (exact) mass is 307 g/mol. The van der Waals surface area contributed by atoms with Crippen LogP contribution in [0.2, 0.25) is 0 Å². The molecular formula is C11H16F3N5S. The van der Waals surface area contributed by atoms with Crippen LogP contribution in [0.5, 0.6) is 0 Å². The predicted molar refractivity (Wildman–Crippen MR) is 73.6 cm³/mol. The molecule has 0 aliphatic heterocycles. The van der Waals surface area contributed by atoms with E-state index >= 15 is 0 Å². The number of rotatable bonds is 6. The van der Waals surface area contributed by atoms with E-state index in [2.05, 4.69) is 20.7 Å². The van der Waals surface area contributed by atoms with Crippen LogP contribution in [0.25, 0.3) is 0 Å². The van der Waals surface area contributed by atoms with Gasteiger partial charge in [0.2, 0.25) is 0 Å². The zero-order valence-electron chi connectivity index (χ0n) is 10.9. The first kappa shape index (κ1) is 15.2. The molecule has 0 saturated heterocycles. The molecule has 2 rings (SSSR count). The number of nitrogens with one attached hydrogen (secondary N) is 2. The molecule has 0 unspecified atom stereocenters. The van der Waals surface area contributed by atoms with E-state index in [1.807, 2.05) is 0 Å². The van der Waals surface area contributed by atoms with Crippen molar-refractivity contribution in [2.45, 2.75) is 31.2 Å². The first-order valence-corrected chi connectivity index (χ1v) is 7.19. The molecular weight excluding hydrogens is 291 g/mol. The van der Waals surface area contributed by atoms with Crippen LogP contribution in [0.1, 0.15) is 30.1 Å². The Morgan fingerprint density at radius 2 is 1.95 bits per heavy atom. The SMILES string of the molecule is Cc1c(NN)nc(C2CC2)nc1NCCSC(F)(F)F. The maximum atomic E-state index is 12.0. The summed E-state index contributed by atoms with van der Waals surface area (Å²) in [6.45, 7) is 1.95. The average molecular weight is 307 g/mol. The fraction of sp³-hybridized carbons (Fsp3) is 0.636. The molecule has 0 atom stereocenters. The van der Waals surface area contributed by atoms with E-state index in [4.69, 9.17) is 5.84 Å². The molecule has 112 valence electrons. The van der Waals surface area contributed by atoms with Crippen LogP contribution in [-0.2, 0) is 0 Å². The number of aromatic nitrogens is 2. The molecule has 5 nitrogen and oxygen atoms in total. The number of alkyl halides is 3. The number of halogens is 3. The summed E-state index contributed by atoms with van der Waals surface area (Å²) in [6, 6.07) is 0. The Hall–Kier alpha value is -1.22. The summed E-state index contributed by atoms with van der Waals surface area (Å²) in [5, 5.41) is 2.92. The lowest BCUT2D eigenvalue weighted by Crippen LogP contribution is -2.16. The Labute approximate surface area is 118 Å². The quantitative estimate of drug-likeness (QED) is 0.426. The van der Waals surface area contributed by atoms with Crippen molar-refractivity contribution in [1.29, 1.82) is 0 Å². The summed E-state index contributed by atoms with van der Waals surface area (Å²) in [4.78, 5) is 8.68. The Bertz CT molecular complexity index is 476. The molecule has 1 aliphatic rings. The first-order valence-electron chi connectivity index (χ1n) is 6.20. The number of hydrogen-bond donors (Lipinski definition) is 3. The lowest BCUT2D eigenvalue weighted by molar-refractivity contribution is -0.0327. The molecule has 1 aromatic rings. The minimum Gasteiger partial charge on any atom is -0.369 e. The van der Waals surface area contributed by atoms with Crippen LogP contribution in [-0.4, -0.2) is 27.8 Å². The number of anilines is 2. The normalized spacial score (nSPS) is 15.2. The second kappa shape index (κ2) is 6.04. The van der Waals surface area contributed by atoms with Gasteiger partial charge in [-0.2, -0.15) is 13.2 Å². The third-order valence-electron chi connectivity index (χ3n) is 2.90. The van der Waals surface area contributed by atoms with Gasteiger partial charge in [0.25, 0.3) is 0 Å². The molecule has 9 heteroatoms. The number of hydrazine groups is 1. The third-order valence-corrected chi connectivity index (χ3v) is 3.64. The van der Waals surface area contributed by atoms with Gasteiger partial charge in [-0.3, -0.25) is 0 Å². The first-order chi connectivity index (χ1) is 9.40. The maximum absolute atomic E-state index is 12.0. The maximum Gasteiger partial charge on any atom is 0.441 e. The predicted octanol–water partition coefficient (Wildman–Crippen LogP) is 2.61. The van der Waals surface area contributed by atoms with E-state index in [0.717, 1.165) is 12.8 Å². The van der Waals surface area contributed by atoms with Gasteiger partial charge in [0.15, 0.2) is 0 Å². The fourth-order valence-electron chi connectivity index (χ4n) is 1.71. The van der Waals surface area contributed by atoms with Crippen molar-refractivity contribution in [2.75, 3.05) is 23.0 Å². The minimum absolute atomic E-state index is 0.0547. The molecule has 0 amide bonds. The summed E-state index contributed by atoms with van der Waals surface area (Å²) >= 11 is -0.0547. The Kier molecular flexibility index (Phi) is 4.59. The number of nitrogens with two attached hydrogens (primary N) is 1. The van der Waals surface area contributed by atoms with Crippen LogP contribution in [0.4, 0.5) is 24.8 Å². The molecule has 0 bridgehead atoms. The van der Waals surface area contributed by atoms with Gasteiger partial charge in [0.1, 0.15) is 17.5 Å². The smallest absolute Gasteiger partial charge is 0.369 e. The molecule has 4 N–H and O–H groups in total. The fourth-order valence-corrected chi connectivity index (χ4v) is 2.14. The molecule has 1 heterocycles. The summed E-state index contributed by atoms with van der Waals surface area (Å²) in [5.41, 5.74) is -1.00. The van der Waals surface area contributed by atoms with Crippen LogP contribution < -0.4 is 16.6 Å². The minimum atomic E-state index is -4.20. The van der Waals surface area contributed by atoms with Crippen molar-refractivity contribution in [3.8, 4) is 0 Å². The molecule has 0 radical (unpaired) electrons. The lowest BCUT2D eigenvalue weighted by atomic mass is 10.3. The van der Waals surface area contributed by atoms with Gasteiger partial charge in [-0.1, -0.05) is 0 Å². The number of nitrogens with zero attached hydrogens (tertiary/aromatic N) is 2. The zero-order chi connectivity index (χ0) is 14.8. The average Bonchev–Trinajstić information content (AvgIpc) is 3.19. The third kappa shape index (κ3) is 4.14. The van der Waals surface area contributed by atoms with E-state index in [1.165, 1.54) is 0 Å². The van der Waals surface area contributed by atoms with Gasteiger partial charge in [-0.15, -0.1) is 0 Å². The van der Waals surface area contributed by atoms with Crippen molar-refractivity contribution in [2.24, 2.45) is 5.84 Å². The topological polar surface area (TPSA) is 75.9 Å². The Morgan fingerprint density at radius 3 is 2.50 bits per heavy atom. The summed E-state index contributed by atoms with van der Waals surface area (Å²) in [6.07, 6.45) is 2.08. The Morgan fingerprint density at radius 1 is 1.30 bits per heavy atom. The van der Waals surface area contributed by atoms with Crippen LogP contribution in [0, 0.1) is 6.92 Å². The van der Waals surface area contributed by atoms with Crippen molar-refractivity contribution in [3.63, 3.8) is 0 Å².